The normalized spacial score (nSPS) is 10.8. The molecule has 3 aromatic rings. The summed E-state index contributed by atoms with van der Waals surface area (Å²) < 4.78 is 0. The van der Waals surface area contributed by atoms with Crippen molar-refractivity contribution in [3.63, 3.8) is 0 Å². The van der Waals surface area contributed by atoms with E-state index in [-0.39, 0.29) is 5.57 Å². The summed E-state index contributed by atoms with van der Waals surface area (Å²) in [4.78, 5) is 12.2. The molecule has 0 heterocycles. The summed E-state index contributed by atoms with van der Waals surface area (Å²) in [7, 11) is 0. The minimum Gasteiger partial charge on any atom is -0.321 e. The molecule has 0 aliphatic heterocycles. The smallest absolute Gasteiger partial charge is 0.266 e. The number of anilines is 1. The Morgan fingerprint density at radius 1 is 0.800 bits per heavy atom. The molecule has 0 aliphatic carbocycles. The quantitative estimate of drug-likeness (QED) is 0.548. The summed E-state index contributed by atoms with van der Waals surface area (Å²) in [5, 5.41) is 12.0. The van der Waals surface area contributed by atoms with E-state index in [2.05, 4.69) is 5.32 Å². The predicted molar refractivity (Wildman–Crippen MR) is 101 cm³/mol. The van der Waals surface area contributed by atoms with E-state index in [4.69, 9.17) is 0 Å². The fourth-order valence-electron chi connectivity index (χ4n) is 2.44. The van der Waals surface area contributed by atoms with Gasteiger partial charge in [-0.05, 0) is 34.9 Å². The number of carbonyl (C=O) groups excluding carboxylic acids is 1. The predicted octanol–water partition coefficient (Wildman–Crippen LogP) is 4.90. The average molecular weight is 324 g/mol. The van der Waals surface area contributed by atoms with Crippen LogP contribution in [0.25, 0.3) is 17.2 Å². The third-order valence-corrected chi connectivity index (χ3v) is 3.73. The van der Waals surface area contributed by atoms with E-state index < -0.39 is 5.91 Å². The molecule has 0 aliphatic rings. The van der Waals surface area contributed by atoms with Crippen molar-refractivity contribution in [2.75, 3.05) is 5.32 Å². The molecule has 0 saturated carbocycles. The van der Waals surface area contributed by atoms with Gasteiger partial charge in [-0.25, -0.2) is 0 Å². The van der Waals surface area contributed by atoms with Gasteiger partial charge in [0.25, 0.3) is 5.91 Å². The van der Waals surface area contributed by atoms with E-state index in [1.54, 1.807) is 18.2 Å². The number of rotatable bonds is 4. The first-order valence-corrected chi connectivity index (χ1v) is 7.90. The van der Waals surface area contributed by atoms with Crippen molar-refractivity contribution in [1.82, 2.24) is 0 Å². The molecule has 0 fully saturated rings. The monoisotopic (exact) mass is 324 g/mol. The zero-order valence-corrected chi connectivity index (χ0v) is 13.5. The van der Waals surface area contributed by atoms with Crippen molar-refractivity contribution in [1.29, 1.82) is 5.26 Å². The lowest BCUT2D eigenvalue weighted by Crippen LogP contribution is -2.13. The molecule has 0 unspecified atom stereocenters. The van der Waals surface area contributed by atoms with E-state index in [0.29, 0.717) is 5.69 Å². The van der Waals surface area contributed by atoms with Crippen molar-refractivity contribution in [2.45, 2.75) is 0 Å². The number of nitriles is 1. The van der Waals surface area contributed by atoms with Gasteiger partial charge in [0.05, 0.1) is 0 Å². The Kier molecular flexibility index (Phi) is 5.04. The first-order chi connectivity index (χ1) is 12.3. The van der Waals surface area contributed by atoms with Gasteiger partial charge in [0.2, 0.25) is 0 Å². The molecule has 25 heavy (non-hydrogen) atoms. The minimum atomic E-state index is -0.416. The van der Waals surface area contributed by atoms with Crippen LogP contribution in [0.5, 0.6) is 0 Å². The second kappa shape index (κ2) is 7.76. The fourth-order valence-corrected chi connectivity index (χ4v) is 2.44. The molecule has 3 aromatic carbocycles. The number of nitrogens with one attached hydrogen (secondary N) is 1. The fraction of sp³-hybridized carbons (Fsp3) is 0. The second-order valence-electron chi connectivity index (χ2n) is 5.48. The van der Waals surface area contributed by atoms with Crippen molar-refractivity contribution in [3.8, 4) is 17.2 Å². The highest BCUT2D eigenvalue weighted by atomic mass is 16.1. The van der Waals surface area contributed by atoms with Crippen LogP contribution in [0.3, 0.4) is 0 Å². The molecule has 0 atom stereocenters. The zero-order chi connectivity index (χ0) is 17.5. The lowest BCUT2D eigenvalue weighted by molar-refractivity contribution is -0.112. The van der Waals surface area contributed by atoms with Crippen molar-refractivity contribution in [2.24, 2.45) is 0 Å². The molecule has 3 heteroatoms. The van der Waals surface area contributed by atoms with Crippen LogP contribution in [-0.2, 0) is 4.79 Å². The van der Waals surface area contributed by atoms with Crippen LogP contribution < -0.4 is 5.32 Å². The lowest BCUT2D eigenvalue weighted by atomic mass is 10.0. The van der Waals surface area contributed by atoms with Crippen LogP contribution in [-0.4, -0.2) is 5.91 Å². The van der Waals surface area contributed by atoms with Gasteiger partial charge in [-0.3, -0.25) is 4.79 Å². The van der Waals surface area contributed by atoms with Gasteiger partial charge in [-0.1, -0.05) is 72.8 Å². The molecule has 1 N–H and O–H groups in total. The van der Waals surface area contributed by atoms with Crippen molar-refractivity contribution >= 4 is 17.7 Å². The summed E-state index contributed by atoms with van der Waals surface area (Å²) in [5.74, 6) is -0.416. The summed E-state index contributed by atoms with van der Waals surface area (Å²) >= 11 is 0. The number of hydrogen-bond acceptors (Lipinski definition) is 2. The lowest BCUT2D eigenvalue weighted by Gasteiger charge is -2.05. The van der Waals surface area contributed by atoms with Gasteiger partial charge in [-0.15, -0.1) is 0 Å². The largest absolute Gasteiger partial charge is 0.321 e. The third-order valence-electron chi connectivity index (χ3n) is 3.73. The van der Waals surface area contributed by atoms with E-state index in [9.17, 15) is 10.1 Å². The number of para-hydroxylation sites is 1. The Bertz CT molecular complexity index is 921. The summed E-state index contributed by atoms with van der Waals surface area (Å²) in [5.41, 5.74) is 3.74. The Morgan fingerprint density at radius 2 is 1.36 bits per heavy atom. The van der Waals surface area contributed by atoms with E-state index in [0.717, 1.165) is 16.7 Å². The highest BCUT2D eigenvalue weighted by Crippen LogP contribution is 2.20. The number of nitrogens with zero attached hydrogens (tertiary/aromatic N) is 1. The Balaban J connectivity index is 1.78. The Hall–Kier alpha value is -3.64. The maximum absolute atomic E-state index is 12.2. The molecular formula is C22H16N2O. The molecule has 0 spiro atoms. The van der Waals surface area contributed by atoms with Crippen LogP contribution in [0, 0.1) is 11.3 Å². The van der Waals surface area contributed by atoms with Crippen LogP contribution >= 0.6 is 0 Å². The molecule has 0 bridgehead atoms. The summed E-state index contributed by atoms with van der Waals surface area (Å²) in [6.45, 7) is 0. The summed E-state index contributed by atoms with van der Waals surface area (Å²) in [6.07, 6.45) is 1.59. The highest BCUT2D eigenvalue weighted by molar-refractivity contribution is 6.09. The second-order valence-corrected chi connectivity index (χ2v) is 5.48. The molecule has 120 valence electrons. The molecule has 0 radical (unpaired) electrons. The Morgan fingerprint density at radius 3 is 1.96 bits per heavy atom. The van der Waals surface area contributed by atoms with Gasteiger partial charge in [0.1, 0.15) is 11.6 Å². The standard InChI is InChI=1S/C22H16N2O/c23-16-20(22(25)24-21-9-5-2-6-10-21)15-17-11-13-19(14-12-17)18-7-3-1-4-8-18/h1-15H,(H,24,25)/b20-15+. The van der Waals surface area contributed by atoms with Crippen LogP contribution in [0.2, 0.25) is 0 Å². The topological polar surface area (TPSA) is 52.9 Å². The van der Waals surface area contributed by atoms with Crippen molar-refractivity contribution in [3.05, 3.63) is 96.1 Å². The van der Waals surface area contributed by atoms with E-state index in [1.165, 1.54) is 0 Å². The maximum Gasteiger partial charge on any atom is 0.266 e. The van der Waals surface area contributed by atoms with Gasteiger partial charge < -0.3 is 5.32 Å². The van der Waals surface area contributed by atoms with Gasteiger partial charge in [-0.2, -0.15) is 5.26 Å². The Labute approximate surface area is 146 Å². The van der Waals surface area contributed by atoms with Crippen molar-refractivity contribution < 1.29 is 4.79 Å². The first-order valence-electron chi connectivity index (χ1n) is 7.90. The van der Waals surface area contributed by atoms with Crippen LogP contribution in [0.1, 0.15) is 5.56 Å². The van der Waals surface area contributed by atoms with E-state index in [1.807, 2.05) is 78.9 Å². The zero-order valence-electron chi connectivity index (χ0n) is 13.5. The molecule has 0 saturated heterocycles. The number of carbonyl (C=O) groups is 1. The molecule has 3 rings (SSSR count). The first kappa shape index (κ1) is 16.2. The van der Waals surface area contributed by atoms with Gasteiger partial charge in [0, 0.05) is 5.69 Å². The summed E-state index contributed by atoms with van der Waals surface area (Å²) in [6, 6.07) is 28.8. The molecule has 0 aromatic heterocycles. The van der Waals surface area contributed by atoms with Gasteiger partial charge in [0.15, 0.2) is 0 Å². The van der Waals surface area contributed by atoms with E-state index >= 15 is 0 Å². The van der Waals surface area contributed by atoms with Crippen LogP contribution in [0.4, 0.5) is 5.69 Å². The highest BCUT2D eigenvalue weighted by Gasteiger charge is 2.09. The SMILES string of the molecule is N#C/C(=C\c1ccc(-c2ccccc2)cc1)C(=O)Nc1ccccc1. The minimum absolute atomic E-state index is 0.0660. The average Bonchev–Trinajstić information content (AvgIpc) is 2.68. The number of hydrogen-bond donors (Lipinski definition) is 1. The maximum atomic E-state index is 12.2. The number of benzene rings is 3. The third kappa shape index (κ3) is 4.21. The molecule has 1 amide bonds. The van der Waals surface area contributed by atoms with Gasteiger partial charge >= 0.3 is 0 Å². The molecular weight excluding hydrogens is 308 g/mol. The molecule has 3 nitrogen and oxygen atoms in total. The van der Waals surface area contributed by atoms with Crippen LogP contribution in [0.15, 0.2) is 90.5 Å². The number of amides is 1.